The van der Waals surface area contributed by atoms with Gasteiger partial charge < -0.3 is 21.1 Å². The van der Waals surface area contributed by atoms with Gasteiger partial charge in [0.1, 0.15) is 21.2 Å². The molecule has 1 aromatic carbocycles. The fourth-order valence-corrected chi connectivity index (χ4v) is 5.75. The Morgan fingerprint density at radius 3 is 2.76 bits per heavy atom. The van der Waals surface area contributed by atoms with E-state index in [1.807, 2.05) is 50.3 Å². The molecule has 3 heterocycles. The number of anilines is 2. The molecule has 5 rings (SSSR count). The van der Waals surface area contributed by atoms with Crippen LogP contribution in [0.3, 0.4) is 0 Å². The van der Waals surface area contributed by atoms with E-state index in [1.165, 1.54) is 11.3 Å². The summed E-state index contributed by atoms with van der Waals surface area (Å²) in [6.07, 6.45) is 7.87. The van der Waals surface area contributed by atoms with E-state index in [4.69, 9.17) is 10.5 Å². The molecule has 0 bridgehead atoms. The van der Waals surface area contributed by atoms with Crippen molar-refractivity contribution in [1.29, 1.82) is 0 Å². The molecule has 4 N–H and O–H groups in total. The number of nitrogens with zero attached hydrogens (tertiary/aromatic N) is 2. The number of thiophene rings is 1. The summed E-state index contributed by atoms with van der Waals surface area (Å²) in [4.78, 5) is 33.8. The van der Waals surface area contributed by atoms with E-state index < -0.39 is 0 Å². The third kappa shape index (κ3) is 4.75. The molecular weight excluding hydrogens is 486 g/mol. The maximum absolute atomic E-state index is 13.4. The average molecular weight is 516 g/mol. The summed E-state index contributed by atoms with van der Waals surface area (Å²) in [5, 5.41) is 6.74. The molecule has 1 fully saturated rings. The molecule has 2 aromatic heterocycles. The first kappa shape index (κ1) is 24.7. The molecular formula is C28H29N5O3S. The molecule has 0 unspecified atom stereocenters. The molecule has 2 atom stereocenters. The molecule has 190 valence electrons. The molecule has 3 amide bonds. The predicted molar refractivity (Wildman–Crippen MR) is 148 cm³/mol. The van der Waals surface area contributed by atoms with Crippen molar-refractivity contribution in [3.05, 3.63) is 83.2 Å². The minimum Gasteiger partial charge on any atom is -0.457 e. The zero-order chi connectivity index (χ0) is 26.1. The van der Waals surface area contributed by atoms with Crippen LogP contribution in [0.1, 0.15) is 42.8 Å². The number of para-hydroxylation sites is 1. The number of aromatic nitrogens is 1. The number of urea groups is 1. The van der Waals surface area contributed by atoms with Crippen molar-refractivity contribution < 1.29 is 14.3 Å². The third-order valence-corrected chi connectivity index (χ3v) is 7.88. The van der Waals surface area contributed by atoms with E-state index in [-0.39, 0.29) is 24.0 Å². The van der Waals surface area contributed by atoms with Crippen molar-refractivity contribution >= 4 is 44.9 Å². The van der Waals surface area contributed by atoms with Gasteiger partial charge in [0, 0.05) is 24.0 Å². The lowest BCUT2D eigenvalue weighted by Crippen LogP contribution is -2.44. The van der Waals surface area contributed by atoms with Gasteiger partial charge in [-0.25, -0.2) is 9.78 Å². The highest BCUT2D eigenvalue weighted by Crippen LogP contribution is 2.44. The number of nitrogens with one attached hydrogen (secondary N) is 2. The van der Waals surface area contributed by atoms with E-state index in [1.54, 1.807) is 23.2 Å². The summed E-state index contributed by atoms with van der Waals surface area (Å²) in [7, 11) is 0. The number of nitrogens with two attached hydrogens (primary N) is 1. The molecule has 8 nitrogen and oxygen atoms in total. The number of benzene rings is 1. The van der Waals surface area contributed by atoms with Crippen molar-refractivity contribution in [2.24, 2.45) is 5.73 Å². The van der Waals surface area contributed by atoms with Gasteiger partial charge in [-0.15, -0.1) is 11.3 Å². The first-order valence-corrected chi connectivity index (χ1v) is 13.0. The van der Waals surface area contributed by atoms with E-state index in [9.17, 15) is 9.59 Å². The number of pyridine rings is 1. The fraction of sp³-hybridized carbons (Fsp3) is 0.250. The van der Waals surface area contributed by atoms with Gasteiger partial charge >= 0.3 is 6.03 Å². The summed E-state index contributed by atoms with van der Waals surface area (Å²) in [6.45, 7) is 7.63. The summed E-state index contributed by atoms with van der Waals surface area (Å²) in [5.41, 5.74) is 8.84. The Balaban J connectivity index is 1.49. The second-order valence-electron chi connectivity index (χ2n) is 9.19. The number of allylic oxidation sites excluding steroid dienone is 4. The van der Waals surface area contributed by atoms with Gasteiger partial charge in [0.25, 0.3) is 5.91 Å². The standard InChI is InChI=1S/C28H29N5O3S/c1-4-18(36-19-9-6-5-7-10-19)15-16(2)17(3)33-22-13-14-30-27-23(22)24(32-28(33)35)25(37-27)26(34)31-21-12-8-11-20(21)29/h4-7,9-10,13-15,20-21H,1,8,11-12,29H2,2-3H3,(H,31,34)(H,32,35)/b17-16+,18-15+/t20-,21+/m1/s1. The van der Waals surface area contributed by atoms with Crippen LogP contribution in [0.4, 0.5) is 16.2 Å². The van der Waals surface area contributed by atoms with Crippen LogP contribution in [-0.4, -0.2) is 29.0 Å². The second-order valence-corrected chi connectivity index (χ2v) is 10.2. The highest BCUT2D eigenvalue weighted by molar-refractivity contribution is 7.21. The van der Waals surface area contributed by atoms with Gasteiger partial charge in [-0.2, -0.15) is 0 Å². The van der Waals surface area contributed by atoms with Gasteiger partial charge in [0.05, 0.1) is 16.8 Å². The normalized spacial score (nSPS) is 19.9. The van der Waals surface area contributed by atoms with Crippen molar-refractivity contribution in [3.8, 4) is 5.75 Å². The fourth-order valence-electron chi connectivity index (χ4n) is 4.73. The van der Waals surface area contributed by atoms with E-state index in [2.05, 4.69) is 22.2 Å². The maximum atomic E-state index is 13.4. The molecule has 3 aromatic rings. The minimum atomic E-state index is -0.348. The van der Waals surface area contributed by atoms with E-state index >= 15 is 0 Å². The van der Waals surface area contributed by atoms with Crippen LogP contribution in [0.15, 0.2) is 78.4 Å². The molecule has 1 aliphatic carbocycles. The Morgan fingerprint density at radius 2 is 2.05 bits per heavy atom. The first-order valence-electron chi connectivity index (χ1n) is 12.2. The maximum Gasteiger partial charge on any atom is 0.330 e. The largest absolute Gasteiger partial charge is 0.457 e. The number of carbonyl (C=O) groups is 2. The summed E-state index contributed by atoms with van der Waals surface area (Å²) < 4.78 is 5.93. The van der Waals surface area contributed by atoms with Crippen LogP contribution in [0.5, 0.6) is 5.75 Å². The van der Waals surface area contributed by atoms with Gasteiger partial charge in [0.2, 0.25) is 0 Å². The lowest BCUT2D eigenvalue weighted by Gasteiger charge is -2.30. The average Bonchev–Trinajstić information content (AvgIpc) is 3.47. The van der Waals surface area contributed by atoms with Crippen LogP contribution < -0.4 is 26.0 Å². The topological polar surface area (TPSA) is 110 Å². The van der Waals surface area contributed by atoms with Crippen LogP contribution in [0.25, 0.3) is 10.2 Å². The van der Waals surface area contributed by atoms with Gasteiger partial charge in [-0.1, -0.05) is 24.8 Å². The Labute approximate surface area is 219 Å². The van der Waals surface area contributed by atoms with E-state index in [0.29, 0.717) is 38.3 Å². The number of rotatable bonds is 7. The van der Waals surface area contributed by atoms with Gasteiger partial charge in [-0.3, -0.25) is 9.69 Å². The Kier molecular flexibility index (Phi) is 6.82. The van der Waals surface area contributed by atoms with Crippen molar-refractivity contribution in [1.82, 2.24) is 10.3 Å². The Bertz CT molecular complexity index is 1440. The smallest absolute Gasteiger partial charge is 0.330 e. The van der Waals surface area contributed by atoms with Crippen molar-refractivity contribution in [3.63, 3.8) is 0 Å². The molecule has 1 saturated carbocycles. The monoisotopic (exact) mass is 515 g/mol. The summed E-state index contributed by atoms with van der Waals surface area (Å²) in [5.74, 6) is 1.01. The minimum absolute atomic E-state index is 0.0522. The van der Waals surface area contributed by atoms with Crippen LogP contribution in [0.2, 0.25) is 0 Å². The predicted octanol–water partition coefficient (Wildman–Crippen LogP) is 5.70. The van der Waals surface area contributed by atoms with Crippen LogP contribution in [0, 0.1) is 0 Å². The molecule has 9 heteroatoms. The number of hydrogen-bond acceptors (Lipinski definition) is 6. The summed E-state index contributed by atoms with van der Waals surface area (Å²) in [6, 6.07) is 10.8. The lowest BCUT2D eigenvalue weighted by molar-refractivity contribution is 0.0939. The van der Waals surface area contributed by atoms with Crippen LogP contribution in [-0.2, 0) is 0 Å². The van der Waals surface area contributed by atoms with Crippen molar-refractivity contribution in [2.75, 3.05) is 10.2 Å². The Morgan fingerprint density at radius 1 is 1.27 bits per heavy atom. The lowest BCUT2D eigenvalue weighted by atomic mass is 10.1. The van der Waals surface area contributed by atoms with E-state index in [0.717, 1.165) is 30.2 Å². The number of amides is 3. The molecule has 0 radical (unpaired) electrons. The van der Waals surface area contributed by atoms with Crippen LogP contribution >= 0.6 is 11.3 Å². The number of ether oxygens (including phenoxy) is 1. The zero-order valence-electron chi connectivity index (χ0n) is 20.8. The molecule has 1 aliphatic heterocycles. The van der Waals surface area contributed by atoms with Crippen molar-refractivity contribution in [2.45, 2.75) is 45.2 Å². The molecule has 2 aliphatic rings. The molecule has 0 saturated heterocycles. The summed E-state index contributed by atoms with van der Waals surface area (Å²) >= 11 is 1.27. The zero-order valence-corrected chi connectivity index (χ0v) is 21.6. The number of carbonyl (C=O) groups excluding carboxylic acids is 2. The first-order chi connectivity index (χ1) is 17.9. The highest BCUT2D eigenvalue weighted by atomic mass is 32.1. The third-order valence-electron chi connectivity index (χ3n) is 6.78. The molecule has 37 heavy (non-hydrogen) atoms. The number of hydrogen-bond donors (Lipinski definition) is 3. The second kappa shape index (κ2) is 10.2. The SMILES string of the molecule is C=C/C(=C\C(C)=C(/C)N1C(=O)Nc2c(C(=O)N[C@H]3CCC[C@H]3N)sc3nccc1c23)Oc1ccccc1. The van der Waals surface area contributed by atoms with Gasteiger partial charge in [-0.05, 0) is 69.0 Å². The highest BCUT2D eigenvalue weighted by Gasteiger charge is 2.34. The quantitative estimate of drug-likeness (QED) is 0.276. The molecule has 0 spiro atoms. The van der Waals surface area contributed by atoms with Gasteiger partial charge in [0.15, 0.2) is 0 Å². The Hall–Kier alpha value is -3.95.